The first kappa shape index (κ1) is 22.0. The van der Waals surface area contributed by atoms with Gasteiger partial charge in [-0.1, -0.05) is 22.9 Å². The van der Waals surface area contributed by atoms with Crippen molar-refractivity contribution in [2.75, 3.05) is 13.7 Å². The highest BCUT2D eigenvalue weighted by atomic mass is 79.9. The van der Waals surface area contributed by atoms with Crippen LogP contribution < -0.4 is 15.0 Å². The summed E-state index contributed by atoms with van der Waals surface area (Å²) in [5.74, 6) is 1.48. The molecule has 0 aliphatic rings. The van der Waals surface area contributed by atoms with Gasteiger partial charge in [-0.2, -0.15) is 15.0 Å². The number of rotatable bonds is 7. The van der Waals surface area contributed by atoms with Crippen LogP contribution in [-0.4, -0.2) is 29.6 Å². The van der Waals surface area contributed by atoms with E-state index in [2.05, 4.69) is 41.9 Å². The van der Waals surface area contributed by atoms with Crippen LogP contribution in [0.2, 0.25) is 0 Å². The Morgan fingerprint density at radius 1 is 1.27 bits per heavy atom. The fraction of sp³-hybridized carbons (Fsp3) is 0.238. The van der Waals surface area contributed by atoms with Crippen molar-refractivity contribution in [2.45, 2.75) is 19.8 Å². The molecule has 0 N–H and O–H groups in total. The molecule has 1 heterocycles. The molecule has 7 nitrogen and oxygen atoms in total. The molecule has 0 saturated heterocycles. The quantitative estimate of drug-likeness (QED) is 0.412. The predicted molar refractivity (Wildman–Crippen MR) is 122 cm³/mol. The van der Waals surface area contributed by atoms with Gasteiger partial charge >= 0.3 is 0 Å². The van der Waals surface area contributed by atoms with E-state index < -0.39 is 0 Å². The van der Waals surface area contributed by atoms with Gasteiger partial charge in [-0.05, 0) is 52.7 Å². The van der Waals surface area contributed by atoms with E-state index in [0.29, 0.717) is 44.7 Å². The summed E-state index contributed by atoms with van der Waals surface area (Å²) in [4.78, 5) is 17.7. The summed E-state index contributed by atoms with van der Waals surface area (Å²) in [6.07, 6.45) is 3.00. The van der Waals surface area contributed by atoms with Crippen LogP contribution in [0, 0.1) is 11.3 Å². The highest BCUT2D eigenvalue weighted by Gasteiger charge is 2.12. The Hall–Kier alpha value is -2.70. The van der Waals surface area contributed by atoms with Gasteiger partial charge < -0.3 is 9.47 Å². The van der Waals surface area contributed by atoms with Crippen LogP contribution in [0.3, 0.4) is 0 Å². The molecule has 2 aromatic carbocycles. The number of methoxy groups -OCH3 is 1. The standard InChI is InChI=1S/C21H18Br2N4O3/c1-3-4-20-26-17-6-5-14(22)10-15(17)21(28)27(20)25-12-13-9-18(29-2)19(11-16(13)23)30-8-7-24/h5-6,9-12H,3-4,8H2,1-2H3. The smallest absolute Gasteiger partial charge is 0.282 e. The lowest BCUT2D eigenvalue weighted by atomic mass is 10.2. The first-order valence-corrected chi connectivity index (χ1v) is 10.7. The Kier molecular flexibility index (Phi) is 7.24. The molecule has 0 aliphatic heterocycles. The number of nitriles is 1. The van der Waals surface area contributed by atoms with E-state index in [9.17, 15) is 4.79 Å². The number of aromatic nitrogens is 2. The number of halogens is 2. The summed E-state index contributed by atoms with van der Waals surface area (Å²) < 4.78 is 13.5. The number of hydrogen-bond acceptors (Lipinski definition) is 6. The lowest BCUT2D eigenvalue weighted by Crippen LogP contribution is -2.22. The van der Waals surface area contributed by atoms with Crippen LogP contribution in [-0.2, 0) is 6.42 Å². The van der Waals surface area contributed by atoms with Crippen molar-refractivity contribution < 1.29 is 9.47 Å². The second-order valence-electron chi connectivity index (χ2n) is 6.27. The van der Waals surface area contributed by atoms with Gasteiger partial charge in [-0.15, -0.1) is 0 Å². The number of aryl methyl sites for hydroxylation is 1. The minimum Gasteiger partial charge on any atom is -0.493 e. The molecule has 0 amide bonds. The van der Waals surface area contributed by atoms with Crippen molar-refractivity contribution in [3.8, 4) is 17.6 Å². The molecule has 9 heteroatoms. The topological polar surface area (TPSA) is 89.5 Å². The molecule has 154 valence electrons. The average Bonchev–Trinajstić information content (AvgIpc) is 2.73. The van der Waals surface area contributed by atoms with Crippen molar-refractivity contribution >= 4 is 49.0 Å². The molecule has 0 fully saturated rings. The van der Waals surface area contributed by atoms with Gasteiger partial charge in [0, 0.05) is 20.9 Å². The van der Waals surface area contributed by atoms with Crippen molar-refractivity contribution in [1.82, 2.24) is 9.66 Å². The lowest BCUT2D eigenvalue weighted by Gasteiger charge is -2.11. The number of hydrogen-bond donors (Lipinski definition) is 0. The molecule has 1 aromatic heterocycles. The van der Waals surface area contributed by atoms with Crippen molar-refractivity contribution in [2.24, 2.45) is 5.10 Å². The van der Waals surface area contributed by atoms with E-state index in [1.54, 1.807) is 24.4 Å². The van der Waals surface area contributed by atoms with Crippen molar-refractivity contribution in [3.63, 3.8) is 0 Å². The molecule has 0 radical (unpaired) electrons. The summed E-state index contributed by atoms with van der Waals surface area (Å²) in [5, 5.41) is 13.6. The molecule has 3 rings (SSSR count). The molecular weight excluding hydrogens is 516 g/mol. The zero-order valence-corrected chi connectivity index (χ0v) is 19.5. The summed E-state index contributed by atoms with van der Waals surface area (Å²) >= 11 is 6.87. The van der Waals surface area contributed by atoms with E-state index in [-0.39, 0.29) is 12.2 Å². The van der Waals surface area contributed by atoms with E-state index in [4.69, 9.17) is 14.7 Å². The third-order valence-electron chi connectivity index (χ3n) is 4.24. The summed E-state index contributed by atoms with van der Waals surface area (Å²) in [7, 11) is 1.51. The van der Waals surface area contributed by atoms with Gasteiger partial charge in [0.25, 0.3) is 5.56 Å². The normalized spacial score (nSPS) is 11.0. The fourth-order valence-electron chi connectivity index (χ4n) is 2.85. The molecule has 0 aliphatic carbocycles. The van der Waals surface area contributed by atoms with Crippen LogP contribution in [0.25, 0.3) is 10.9 Å². The lowest BCUT2D eigenvalue weighted by molar-refractivity contribution is 0.329. The van der Waals surface area contributed by atoms with Crippen LogP contribution in [0.15, 0.2) is 49.2 Å². The van der Waals surface area contributed by atoms with Gasteiger partial charge in [-0.3, -0.25) is 4.79 Å². The van der Waals surface area contributed by atoms with Crippen molar-refractivity contribution in [3.05, 3.63) is 61.0 Å². The molecule has 3 aromatic rings. The molecule has 0 unspecified atom stereocenters. The molecule has 30 heavy (non-hydrogen) atoms. The Morgan fingerprint density at radius 3 is 2.77 bits per heavy atom. The Bertz CT molecular complexity index is 1220. The van der Waals surface area contributed by atoms with E-state index in [1.165, 1.54) is 11.8 Å². The maximum Gasteiger partial charge on any atom is 0.282 e. The van der Waals surface area contributed by atoms with Crippen molar-refractivity contribution in [1.29, 1.82) is 5.26 Å². The Labute approximate surface area is 190 Å². The minimum atomic E-state index is -0.238. The predicted octanol–water partition coefficient (Wildman–Crippen LogP) is 4.67. The number of benzene rings is 2. The summed E-state index contributed by atoms with van der Waals surface area (Å²) in [6.45, 7) is 1.93. The van der Waals surface area contributed by atoms with Gasteiger partial charge in [-0.25, -0.2) is 4.98 Å². The van der Waals surface area contributed by atoms with Gasteiger partial charge in [0.2, 0.25) is 0 Å². The fourth-order valence-corrected chi connectivity index (χ4v) is 3.64. The summed E-state index contributed by atoms with van der Waals surface area (Å²) in [6, 6.07) is 10.8. The second-order valence-corrected chi connectivity index (χ2v) is 8.04. The number of ether oxygens (including phenoxy) is 2. The zero-order valence-electron chi connectivity index (χ0n) is 16.4. The number of nitrogens with zero attached hydrogens (tertiary/aromatic N) is 4. The van der Waals surface area contributed by atoms with Crippen LogP contribution in [0.5, 0.6) is 11.5 Å². The third-order valence-corrected chi connectivity index (χ3v) is 5.42. The Balaban J connectivity index is 2.09. The van der Waals surface area contributed by atoms with Crippen LogP contribution in [0.4, 0.5) is 0 Å². The first-order chi connectivity index (χ1) is 14.5. The van der Waals surface area contributed by atoms with E-state index >= 15 is 0 Å². The Morgan fingerprint density at radius 2 is 2.07 bits per heavy atom. The van der Waals surface area contributed by atoms with E-state index in [1.807, 2.05) is 25.1 Å². The minimum absolute atomic E-state index is 0.0929. The highest BCUT2D eigenvalue weighted by Crippen LogP contribution is 2.33. The average molecular weight is 534 g/mol. The maximum absolute atomic E-state index is 13.1. The monoisotopic (exact) mass is 532 g/mol. The third kappa shape index (κ3) is 4.71. The highest BCUT2D eigenvalue weighted by molar-refractivity contribution is 9.10. The zero-order chi connectivity index (χ0) is 21.7. The van der Waals surface area contributed by atoms with Gasteiger partial charge in [0.1, 0.15) is 11.9 Å². The second kappa shape index (κ2) is 9.87. The SMILES string of the molecule is CCCc1nc2ccc(Br)cc2c(=O)n1N=Cc1cc(OC)c(OCC#N)cc1Br. The molecule has 0 spiro atoms. The molecule has 0 saturated carbocycles. The summed E-state index contributed by atoms with van der Waals surface area (Å²) in [5.41, 5.74) is 1.08. The van der Waals surface area contributed by atoms with Gasteiger partial charge in [0.05, 0.1) is 24.2 Å². The van der Waals surface area contributed by atoms with E-state index in [0.717, 1.165) is 10.9 Å². The van der Waals surface area contributed by atoms with Crippen LogP contribution in [0.1, 0.15) is 24.7 Å². The van der Waals surface area contributed by atoms with Crippen LogP contribution >= 0.6 is 31.9 Å². The molecular formula is C21H18Br2N4O3. The number of fused-ring (bicyclic) bond motifs is 1. The maximum atomic E-state index is 13.1. The van der Waals surface area contributed by atoms with Gasteiger partial charge in [0.15, 0.2) is 18.1 Å². The largest absolute Gasteiger partial charge is 0.493 e. The molecule has 0 bridgehead atoms. The first-order valence-electron chi connectivity index (χ1n) is 9.11. The molecule has 0 atom stereocenters.